The van der Waals surface area contributed by atoms with Crippen molar-refractivity contribution < 1.29 is 9.23 Å². The Labute approximate surface area is 152 Å². The summed E-state index contributed by atoms with van der Waals surface area (Å²) in [5, 5.41) is 0. The molecule has 26 heavy (non-hydrogen) atoms. The third kappa shape index (κ3) is 4.19. The summed E-state index contributed by atoms with van der Waals surface area (Å²) in [6.07, 6.45) is 7.01. The Hall–Kier alpha value is -2.91. The summed E-state index contributed by atoms with van der Waals surface area (Å²) in [6, 6.07) is 5.44. The molecule has 1 fully saturated rings. The van der Waals surface area contributed by atoms with Crippen LogP contribution in [0.1, 0.15) is 24.1 Å². The maximum atomic E-state index is 13.9. The number of rotatable bonds is 3. The van der Waals surface area contributed by atoms with E-state index >= 15 is 0 Å². The van der Waals surface area contributed by atoms with Gasteiger partial charge in [0.15, 0.2) is 11.6 Å². The van der Waals surface area contributed by atoms with Gasteiger partial charge in [0, 0.05) is 25.5 Å². The molecule has 0 amide bonds. The number of nitrogens with zero attached hydrogens (tertiary/aromatic N) is 3. The average molecular weight is 352 g/mol. The van der Waals surface area contributed by atoms with Gasteiger partial charge in [-0.05, 0) is 55.5 Å². The second-order valence-corrected chi connectivity index (χ2v) is 6.03. The van der Waals surface area contributed by atoms with E-state index in [-0.39, 0.29) is 11.5 Å². The van der Waals surface area contributed by atoms with Gasteiger partial charge in [-0.1, -0.05) is 11.5 Å². The highest BCUT2D eigenvalue weighted by atomic mass is 19.1. The molecule has 0 atom stereocenters. The molecule has 3 rings (SSSR count). The zero-order valence-corrected chi connectivity index (χ0v) is 14.9. The minimum absolute atomic E-state index is 0.197. The molecule has 1 N–H and O–H groups in total. The van der Waals surface area contributed by atoms with Gasteiger partial charge < -0.3 is 4.90 Å². The molecule has 0 aliphatic carbocycles. The summed E-state index contributed by atoms with van der Waals surface area (Å²) in [4.78, 5) is 15.7. The van der Waals surface area contributed by atoms with E-state index in [1.165, 1.54) is 5.57 Å². The van der Waals surface area contributed by atoms with E-state index in [9.17, 15) is 4.39 Å². The van der Waals surface area contributed by atoms with Crippen LogP contribution in [0.15, 0.2) is 42.2 Å². The van der Waals surface area contributed by atoms with Crippen molar-refractivity contribution in [3.63, 3.8) is 0 Å². The summed E-state index contributed by atoms with van der Waals surface area (Å²) in [7, 11) is 1.58. The van der Waals surface area contributed by atoms with E-state index < -0.39 is 0 Å². The Bertz CT molecular complexity index is 860. The van der Waals surface area contributed by atoms with Crippen LogP contribution in [-0.4, -0.2) is 30.2 Å². The number of allylic oxidation sites excluding steroid dienone is 1. The highest BCUT2D eigenvalue weighted by molar-refractivity contribution is 5.64. The van der Waals surface area contributed by atoms with E-state index in [1.54, 1.807) is 32.5 Å². The van der Waals surface area contributed by atoms with Crippen LogP contribution < -0.4 is 10.4 Å². The molecule has 0 radical (unpaired) electrons. The zero-order chi connectivity index (χ0) is 18.4. The molecule has 2 aromatic heterocycles. The smallest absolute Gasteiger partial charge is 0.160 e. The fourth-order valence-corrected chi connectivity index (χ4v) is 2.82. The number of halogens is 1. The fourth-order valence-electron chi connectivity index (χ4n) is 2.82. The lowest BCUT2D eigenvalue weighted by molar-refractivity contribution is 0.271. The zero-order valence-electron chi connectivity index (χ0n) is 14.9. The molecule has 0 spiro atoms. The number of aryl methyl sites for hydroxylation is 1. The van der Waals surface area contributed by atoms with Crippen molar-refractivity contribution in [3.8, 4) is 11.8 Å². The maximum Gasteiger partial charge on any atom is 0.160 e. The van der Waals surface area contributed by atoms with Crippen molar-refractivity contribution >= 4 is 11.5 Å². The second kappa shape index (κ2) is 8.45. The third-order valence-electron chi connectivity index (χ3n) is 4.25. The summed E-state index contributed by atoms with van der Waals surface area (Å²) in [5.74, 6) is 6.28. The van der Waals surface area contributed by atoms with Crippen molar-refractivity contribution in [3.05, 3.63) is 59.3 Å². The van der Waals surface area contributed by atoms with Crippen LogP contribution in [0.2, 0.25) is 0 Å². The first-order chi connectivity index (χ1) is 12.7. The van der Waals surface area contributed by atoms with Gasteiger partial charge in [-0.3, -0.25) is 10.3 Å². The Morgan fingerprint density at radius 3 is 2.81 bits per heavy atom. The van der Waals surface area contributed by atoms with Gasteiger partial charge >= 0.3 is 0 Å². The summed E-state index contributed by atoms with van der Waals surface area (Å²) in [5.41, 5.74) is 5.72. The molecule has 2 aromatic rings. The van der Waals surface area contributed by atoms with Gasteiger partial charge in [-0.15, -0.1) is 0 Å². The van der Waals surface area contributed by atoms with E-state index in [1.807, 2.05) is 18.2 Å². The minimum Gasteiger partial charge on any atom is -0.354 e. The molecule has 134 valence electrons. The number of hydrogen-bond acceptors (Lipinski definition) is 5. The lowest BCUT2D eigenvalue weighted by atomic mass is 10.0. The number of aromatic nitrogens is 2. The molecule has 5 nitrogen and oxygen atoms in total. The molecule has 0 aromatic carbocycles. The number of hydrogen-bond donors (Lipinski definition) is 1. The molecule has 3 heterocycles. The predicted molar refractivity (Wildman–Crippen MR) is 100 cm³/mol. The molecular formula is C20H21FN4O. The Kier molecular flexibility index (Phi) is 5.82. The van der Waals surface area contributed by atoms with Gasteiger partial charge in [0.2, 0.25) is 0 Å². The largest absolute Gasteiger partial charge is 0.354 e. The molecule has 1 aliphatic heterocycles. The standard InChI is InChI=1S/C20H21FN4O/c1-15-8-12-22-17(19(15)21)6-3-5-16-9-13-25(14-10-16)20-18(24-26-2)7-4-11-23-20/h4-5,7-8,11-12,24H,9-10,13-14H2,1-2H3. The van der Waals surface area contributed by atoms with E-state index in [0.29, 0.717) is 5.56 Å². The van der Waals surface area contributed by atoms with Crippen molar-refractivity contribution in [1.82, 2.24) is 9.97 Å². The summed E-state index contributed by atoms with van der Waals surface area (Å²) >= 11 is 0. The van der Waals surface area contributed by atoms with Gasteiger partial charge in [0.05, 0.1) is 7.11 Å². The molecule has 6 heteroatoms. The SMILES string of the molecule is CONc1cccnc1N1CCC(=CC#Cc2nccc(C)c2F)CC1. The topological polar surface area (TPSA) is 50.3 Å². The number of nitrogens with one attached hydrogen (secondary N) is 1. The average Bonchev–Trinajstić information content (AvgIpc) is 2.67. The Morgan fingerprint density at radius 1 is 1.23 bits per heavy atom. The quantitative estimate of drug-likeness (QED) is 0.677. The Morgan fingerprint density at radius 2 is 2.04 bits per heavy atom. The van der Waals surface area contributed by atoms with E-state index in [0.717, 1.165) is 37.4 Å². The van der Waals surface area contributed by atoms with Crippen LogP contribution >= 0.6 is 0 Å². The van der Waals surface area contributed by atoms with Gasteiger partial charge in [0.25, 0.3) is 0 Å². The van der Waals surface area contributed by atoms with Crippen LogP contribution in [-0.2, 0) is 4.84 Å². The monoisotopic (exact) mass is 352 g/mol. The molecule has 0 unspecified atom stereocenters. The first-order valence-corrected chi connectivity index (χ1v) is 8.48. The van der Waals surface area contributed by atoms with E-state index in [2.05, 4.69) is 32.2 Å². The van der Waals surface area contributed by atoms with Crippen molar-refractivity contribution in [2.75, 3.05) is 30.6 Å². The van der Waals surface area contributed by atoms with Gasteiger partial charge in [-0.2, -0.15) is 0 Å². The number of pyridine rings is 2. The first kappa shape index (κ1) is 17.9. The molecule has 1 saturated heterocycles. The molecule has 0 bridgehead atoms. The van der Waals surface area contributed by atoms with Crippen molar-refractivity contribution in [1.29, 1.82) is 0 Å². The molecular weight excluding hydrogens is 331 g/mol. The van der Waals surface area contributed by atoms with Gasteiger partial charge in [0.1, 0.15) is 11.4 Å². The van der Waals surface area contributed by atoms with Crippen LogP contribution in [0.25, 0.3) is 0 Å². The number of piperidine rings is 1. The second-order valence-electron chi connectivity index (χ2n) is 6.03. The summed E-state index contributed by atoms with van der Waals surface area (Å²) in [6.45, 7) is 3.40. The summed E-state index contributed by atoms with van der Waals surface area (Å²) < 4.78 is 13.9. The van der Waals surface area contributed by atoms with Crippen molar-refractivity contribution in [2.45, 2.75) is 19.8 Å². The lowest BCUT2D eigenvalue weighted by Crippen LogP contribution is -2.31. The first-order valence-electron chi connectivity index (χ1n) is 8.48. The molecule has 1 aliphatic rings. The highest BCUT2D eigenvalue weighted by Crippen LogP contribution is 2.27. The lowest BCUT2D eigenvalue weighted by Gasteiger charge is -2.30. The third-order valence-corrected chi connectivity index (χ3v) is 4.25. The fraction of sp³-hybridized carbons (Fsp3) is 0.300. The molecule has 0 saturated carbocycles. The van der Waals surface area contributed by atoms with Crippen LogP contribution in [0.5, 0.6) is 0 Å². The predicted octanol–water partition coefficient (Wildman–Crippen LogP) is 3.48. The maximum absolute atomic E-state index is 13.9. The highest BCUT2D eigenvalue weighted by Gasteiger charge is 2.17. The Balaban J connectivity index is 1.65. The van der Waals surface area contributed by atoms with Crippen LogP contribution in [0.4, 0.5) is 15.9 Å². The van der Waals surface area contributed by atoms with Crippen LogP contribution in [0.3, 0.4) is 0 Å². The number of anilines is 2. The van der Waals surface area contributed by atoms with Gasteiger partial charge in [-0.25, -0.2) is 14.4 Å². The van der Waals surface area contributed by atoms with E-state index in [4.69, 9.17) is 4.84 Å². The normalized spacial score (nSPS) is 13.8. The van der Waals surface area contributed by atoms with Crippen LogP contribution in [0, 0.1) is 24.6 Å². The minimum atomic E-state index is -0.346. The van der Waals surface area contributed by atoms with Crippen molar-refractivity contribution in [2.24, 2.45) is 0 Å².